The molecule has 58 valence electrons. The zero-order chi connectivity index (χ0) is 6.81. The van der Waals surface area contributed by atoms with Crippen molar-refractivity contribution in [2.45, 2.75) is 25.4 Å². The highest BCUT2D eigenvalue weighted by Gasteiger charge is 2.29. The Kier molecular flexibility index (Phi) is 2.19. The highest BCUT2D eigenvalue weighted by molar-refractivity contribution is 7.99. The van der Waals surface area contributed by atoms with Gasteiger partial charge in [-0.1, -0.05) is 0 Å². The Balaban J connectivity index is 1.95. The third kappa shape index (κ3) is 1.32. The van der Waals surface area contributed by atoms with E-state index < -0.39 is 0 Å². The lowest BCUT2D eigenvalue weighted by Crippen LogP contribution is -2.15. The van der Waals surface area contributed by atoms with Crippen molar-refractivity contribution in [2.24, 2.45) is 5.92 Å². The summed E-state index contributed by atoms with van der Waals surface area (Å²) in [7, 11) is 0. The second-order valence-corrected chi connectivity index (χ2v) is 4.32. The van der Waals surface area contributed by atoms with Crippen molar-refractivity contribution in [3.8, 4) is 0 Å². The van der Waals surface area contributed by atoms with Crippen molar-refractivity contribution in [3.63, 3.8) is 0 Å². The van der Waals surface area contributed by atoms with Crippen LogP contribution in [0.5, 0.6) is 0 Å². The number of hydrogen-bond donors (Lipinski definition) is 0. The summed E-state index contributed by atoms with van der Waals surface area (Å²) >= 11 is 2.11. The molecule has 2 atom stereocenters. The first-order valence-corrected chi connectivity index (χ1v) is 5.31. The Hall–Kier alpha value is 0.310. The van der Waals surface area contributed by atoms with Crippen LogP contribution in [0.25, 0.3) is 0 Å². The highest BCUT2D eigenvalue weighted by Crippen LogP contribution is 2.31. The van der Waals surface area contributed by atoms with Crippen LogP contribution >= 0.6 is 11.8 Å². The molecule has 2 aliphatic heterocycles. The van der Waals surface area contributed by atoms with E-state index in [1.165, 1.54) is 30.8 Å². The van der Waals surface area contributed by atoms with Crippen LogP contribution in [0.4, 0.5) is 0 Å². The van der Waals surface area contributed by atoms with Gasteiger partial charge in [-0.3, -0.25) is 0 Å². The minimum Gasteiger partial charge on any atom is -0.378 e. The third-order valence-electron chi connectivity index (χ3n) is 2.46. The van der Waals surface area contributed by atoms with Gasteiger partial charge in [0.15, 0.2) is 0 Å². The molecular formula is C8H14OS. The predicted octanol–water partition coefficient (Wildman–Crippen LogP) is 1.92. The number of ether oxygens (including phenoxy) is 1. The van der Waals surface area contributed by atoms with Gasteiger partial charge >= 0.3 is 0 Å². The molecule has 2 fully saturated rings. The maximum atomic E-state index is 5.62. The van der Waals surface area contributed by atoms with Gasteiger partial charge in [0, 0.05) is 6.61 Å². The number of fused-ring (bicyclic) bond motifs is 1. The monoisotopic (exact) mass is 158 g/mol. The molecule has 0 bridgehead atoms. The van der Waals surface area contributed by atoms with E-state index in [0.717, 1.165) is 12.5 Å². The molecule has 0 N–H and O–H groups in total. The molecule has 0 spiro atoms. The molecule has 0 radical (unpaired) electrons. The average Bonchev–Trinajstić information content (AvgIpc) is 2.28. The fourth-order valence-corrected chi connectivity index (χ4v) is 3.05. The summed E-state index contributed by atoms with van der Waals surface area (Å²) in [6, 6.07) is 0. The summed E-state index contributed by atoms with van der Waals surface area (Å²) in [4.78, 5) is 0. The van der Waals surface area contributed by atoms with Crippen molar-refractivity contribution in [1.82, 2.24) is 0 Å². The van der Waals surface area contributed by atoms with Crippen LogP contribution in [-0.4, -0.2) is 24.2 Å². The number of rotatable bonds is 0. The minimum atomic E-state index is 0.634. The van der Waals surface area contributed by atoms with Crippen LogP contribution in [0.1, 0.15) is 19.3 Å². The van der Waals surface area contributed by atoms with E-state index in [4.69, 9.17) is 4.74 Å². The predicted molar refractivity (Wildman–Crippen MR) is 44.4 cm³/mol. The molecule has 1 nitrogen and oxygen atoms in total. The van der Waals surface area contributed by atoms with E-state index >= 15 is 0 Å². The summed E-state index contributed by atoms with van der Waals surface area (Å²) < 4.78 is 5.62. The summed E-state index contributed by atoms with van der Waals surface area (Å²) in [5.41, 5.74) is 0. The normalized spacial score (nSPS) is 40.8. The Labute approximate surface area is 66.5 Å². The Morgan fingerprint density at radius 1 is 1.30 bits per heavy atom. The molecule has 0 aromatic carbocycles. The Bertz CT molecular complexity index is 104. The second-order valence-electron chi connectivity index (χ2n) is 3.18. The largest absolute Gasteiger partial charge is 0.378 e. The van der Waals surface area contributed by atoms with Crippen molar-refractivity contribution in [3.05, 3.63) is 0 Å². The van der Waals surface area contributed by atoms with Crippen LogP contribution in [0, 0.1) is 5.92 Å². The van der Waals surface area contributed by atoms with Gasteiger partial charge in [-0.25, -0.2) is 0 Å². The van der Waals surface area contributed by atoms with Gasteiger partial charge in [-0.05, 0) is 36.7 Å². The number of hydrogen-bond acceptors (Lipinski definition) is 2. The lowest BCUT2D eigenvalue weighted by Gasteiger charge is -2.12. The van der Waals surface area contributed by atoms with Gasteiger partial charge in [-0.2, -0.15) is 11.8 Å². The molecule has 0 aromatic heterocycles. The van der Waals surface area contributed by atoms with Gasteiger partial charge in [0.25, 0.3) is 0 Å². The standard InChI is InChI=1S/C8H14OS/c1-2-8-7(3-4-9-8)6-10-5-1/h7-8H,1-6H2. The summed E-state index contributed by atoms with van der Waals surface area (Å²) in [5, 5.41) is 0. The SMILES string of the molecule is C1CSCC2CCOC2C1. The van der Waals surface area contributed by atoms with E-state index in [1.807, 2.05) is 0 Å². The molecule has 2 aliphatic rings. The average molecular weight is 158 g/mol. The molecule has 0 aliphatic carbocycles. The van der Waals surface area contributed by atoms with Crippen LogP contribution < -0.4 is 0 Å². The van der Waals surface area contributed by atoms with E-state index in [-0.39, 0.29) is 0 Å². The molecule has 2 saturated heterocycles. The van der Waals surface area contributed by atoms with Gasteiger partial charge < -0.3 is 4.74 Å². The van der Waals surface area contributed by atoms with Gasteiger partial charge in [0.05, 0.1) is 6.10 Å². The van der Waals surface area contributed by atoms with Gasteiger partial charge in [0.2, 0.25) is 0 Å². The van der Waals surface area contributed by atoms with Crippen molar-refractivity contribution >= 4 is 11.8 Å². The van der Waals surface area contributed by atoms with E-state index in [0.29, 0.717) is 6.10 Å². The minimum absolute atomic E-state index is 0.634. The first kappa shape index (κ1) is 6.99. The second kappa shape index (κ2) is 3.14. The molecule has 2 rings (SSSR count). The molecule has 10 heavy (non-hydrogen) atoms. The quantitative estimate of drug-likeness (QED) is 0.532. The zero-order valence-corrected chi connectivity index (χ0v) is 7.03. The van der Waals surface area contributed by atoms with Crippen molar-refractivity contribution < 1.29 is 4.74 Å². The third-order valence-corrected chi connectivity index (χ3v) is 3.70. The summed E-state index contributed by atoms with van der Waals surface area (Å²) in [6.45, 7) is 1.02. The fraction of sp³-hybridized carbons (Fsp3) is 1.00. The molecule has 0 amide bonds. The zero-order valence-electron chi connectivity index (χ0n) is 6.21. The molecule has 0 aromatic rings. The Morgan fingerprint density at radius 2 is 2.30 bits per heavy atom. The molecule has 2 heterocycles. The maximum Gasteiger partial charge on any atom is 0.0612 e. The van der Waals surface area contributed by atoms with Gasteiger partial charge in [-0.15, -0.1) is 0 Å². The fourth-order valence-electron chi connectivity index (χ4n) is 1.82. The van der Waals surface area contributed by atoms with Crippen LogP contribution in [-0.2, 0) is 4.74 Å². The van der Waals surface area contributed by atoms with E-state index in [2.05, 4.69) is 11.8 Å². The molecular weight excluding hydrogens is 144 g/mol. The molecule has 2 heteroatoms. The van der Waals surface area contributed by atoms with E-state index in [1.54, 1.807) is 0 Å². The summed E-state index contributed by atoms with van der Waals surface area (Å²) in [5.74, 6) is 3.61. The van der Waals surface area contributed by atoms with Gasteiger partial charge in [0.1, 0.15) is 0 Å². The number of thioether (sulfide) groups is 1. The Morgan fingerprint density at radius 3 is 3.30 bits per heavy atom. The first-order valence-electron chi connectivity index (χ1n) is 4.16. The first-order chi connectivity index (χ1) is 4.97. The van der Waals surface area contributed by atoms with Crippen LogP contribution in [0.15, 0.2) is 0 Å². The van der Waals surface area contributed by atoms with Crippen molar-refractivity contribution in [2.75, 3.05) is 18.1 Å². The molecule has 2 unspecified atom stereocenters. The lowest BCUT2D eigenvalue weighted by molar-refractivity contribution is 0.0887. The topological polar surface area (TPSA) is 9.23 Å². The van der Waals surface area contributed by atoms with E-state index in [9.17, 15) is 0 Å². The smallest absolute Gasteiger partial charge is 0.0612 e. The highest BCUT2D eigenvalue weighted by atomic mass is 32.2. The maximum absolute atomic E-state index is 5.62. The molecule has 0 saturated carbocycles. The van der Waals surface area contributed by atoms with Crippen molar-refractivity contribution in [1.29, 1.82) is 0 Å². The summed E-state index contributed by atoms with van der Waals surface area (Å²) in [6.07, 6.45) is 4.64. The van der Waals surface area contributed by atoms with Crippen LogP contribution in [0.2, 0.25) is 0 Å². The van der Waals surface area contributed by atoms with Crippen LogP contribution in [0.3, 0.4) is 0 Å². The lowest BCUT2D eigenvalue weighted by atomic mass is 10.0.